The molecule has 0 bridgehead atoms. The van der Waals surface area contributed by atoms with Crippen molar-refractivity contribution in [2.24, 2.45) is 5.92 Å². The molecule has 5 nitrogen and oxygen atoms in total. The maximum Gasteiger partial charge on any atom is 0.216 e. The number of furan rings is 1. The Labute approximate surface area is 407 Å². The maximum atomic E-state index is 6.44. The Morgan fingerprint density at radius 1 is 0.727 bits per heavy atom. The van der Waals surface area contributed by atoms with E-state index >= 15 is 0 Å². The van der Waals surface area contributed by atoms with Crippen LogP contribution in [-0.2, 0) is 31.9 Å². The summed E-state index contributed by atoms with van der Waals surface area (Å²) in [6.45, 7) is 29.6. The van der Waals surface area contributed by atoms with Gasteiger partial charge < -0.3 is 14.0 Å². The summed E-state index contributed by atoms with van der Waals surface area (Å²) < 4.78 is 8.78. The van der Waals surface area contributed by atoms with Gasteiger partial charge in [0.15, 0.2) is 0 Å². The molecule has 66 heavy (non-hydrogen) atoms. The van der Waals surface area contributed by atoms with Crippen LogP contribution in [0.25, 0.3) is 72.6 Å². The average molecular weight is 1070 g/mol. The Morgan fingerprint density at radius 3 is 2.03 bits per heavy atom. The molecular formula is C59H64IrN4OSi-2. The van der Waals surface area contributed by atoms with E-state index in [-0.39, 0.29) is 25.5 Å². The van der Waals surface area contributed by atoms with Gasteiger partial charge in [-0.2, -0.15) is 0 Å². The number of aryl methyl sites for hydroxylation is 1. The molecule has 9 aromatic rings. The molecular weight excluding hydrogens is 1000 g/mol. The molecule has 0 N–H and O–H groups in total. The predicted molar refractivity (Wildman–Crippen MR) is 277 cm³/mol. The Balaban J connectivity index is 0.000000223. The monoisotopic (exact) mass is 1070 g/mol. The van der Waals surface area contributed by atoms with Crippen molar-refractivity contribution in [1.29, 1.82) is 0 Å². The third kappa shape index (κ3) is 9.95. The quantitative estimate of drug-likeness (QED) is 0.107. The van der Waals surface area contributed by atoms with Crippen LogP contribution in [0.4, 0.5) is 0 Å². The number of benzene rings is 5. The molecule has 5 aromatic carbocycles. The molecule has 0 fully saturated rings. The number of para-hydroxylation sites is 2. The largest absolute Gasteiger partial charge is 0.486 e. The summed E-state index contributed by atoms with van der Waals surface area (Å²) in [5.41, 5.74) is 16.5. The summed E-state index contributed by atoms with van der Waals surface area (Å²) in [7, 11) is -1.38. The van der Waals surface area contributed by atoms with E-state index in [0.717, 1.165) is 62.1 Å². The maximum absolute atomic E-state index is 6.44. The van der Waals surface area contributed by atoms with Gasteiger partial charge in [0.25, 0.3) is 0 Å². The van der Waals surface area contributed by atoms with E-state index in [2.05, 4.69) is 207 Å². The molecule has 4 aromatic heterocycles. The molecule has 1 radical (unpaired) electrons. The van der Waals surface area contributed by atoms with Gasteiger partial charge >= 0.3 is 0 Å². The number of hydrogen-bond donors (Lipinski definition) is 0. The van der Waals surface area contributed by atoms with E-state index in [1.165, 1.54) is 44.3 Å². The second-order valence-electron chi connectivity index (χ2n) is 20.8. The third-order valence-electron chi connectivity index (χ3n) is 12.3. The van der Waals surface area contributed by atoms with Gasteiger partial charge in [0, 0.05) is 43.1 Å². The van der Waals surface area contributed by atoms with E-state index in [0.29, 0.717) is 23.5 Å². The number of imidazole rings is 1. The van der Waals surface area contributed by atoms with Crippen LogP contribution in [0.2, 0.25) is 19.6 Å². The number of fused-ring (bicyclic) bond motifs is 4. The van der Waals surface area contributed by atoms with Crippen molar-refractivity contribution in [3.63, 3.8) is 0 Å². The summed E-state index contributed by atoms with van der Waals surface area (Å²) in [4.78, 5) is 14.7. The first kappa shape index (κ1) is 48.5. The van der Waals surface area contributed by atoms with Gasteiger partial charge in [0.1, 0.15) is 0 Å². The Bertz CT molecular complexity index is 3100. The number of rotatable bonds is 9. The zero-order valence-electron chi connectivity index (χ0n) is 41.0. The normalized spacial score (nSPS) is 12.1. The number of pyridine rings is 2. The molecule has 4 heterocycles. The second-order valence-corrected chi connectivity index (χ2v) is 25.8. The van der Waals surface area contributed by atoms with Crippen molar-refractivity contribution >= 4 is 46.4 Å². The SMILES string of the molecule is CC(C)Cc1cc(-c2[c-]cc(C(C)(C)C)cc2)ncc1[Si](C)(C)C.Cc1ccc2c(n1)oc1c(-c3nc4ccccc4n3-c3c(C(C)C)cc(-c4ccccc4)cc3C(C)C)[c-]ccc12.[Ir]. The summed E-state index contributed by atoms with van der Waals surface area (Å²) in [6.07, 6.45) is 3.25. The Morgan fingerprint density at radius 2 is 1.41 bits per heavy atom. The van der Waals surface area contributed by atoms with Gasteiger partial charge in [-0.15, -0.1) is 53.6 Å². The second kappa shape index (κ2) is 19.4. The van der Waals surface area contributed by atoms with Crippen molar-refractivity contribution in [3.05, 3.63) is 162 Å². The van der Waals surface area contributed by atoms with Gasteiger partial charge in [-0.05, 0) is 106 Å². The molecule has 0 amide bonds. The molecule has 0 unspecified atom stereocenters. The van der Waals surface area contributed by atoms with Crippen LogP contribution < -0.4 is 5.19 Å². The van der Waals surface area contributed by atoms with E-state index in [1.54, 1.807) is 0 Å². The van der Waals surface area contributed by atoms with Gasteiger partial charge in [0.2, 0.25) is 5.71 Å². The third-order valence-corrected chi connectivity index (χ3v) is 14.4. The minimum Gasteiger partial charge on any atom is -0.486 e. The number of hydrogen-bond acceptors (Lipinski definition) is 4. The van der Waals surface area contributed by atoms with Crippen LogP contribution in [0, 0.1) is 25.0 Å². The standard InChI is InChI=1S/C37H32N3O.C22H32NSi.Ir/c1-22(2)30-20-26(25-12-7-6-8-13-25)21-31(23(3)4)34(30)40-33-17-10-9-16-32(33)39-36(40)29-15-11-14-27-28-19-18-24(5)38-37(28)41-35(27)29;1-16(2)13-18-14-20(23-15-21(18)24(6,7)8)17-9-11-19(12-10-17)22(3,4)5;/h6-14,16-23H,1-5H3;9,11-12,14-16H,13H2,1-8H3;/q2*-1;. The van der Waals surface area contributed by atoms with Crippen LogP contribution in [0.3, 0.4) is 0 Å². The Kier molecular flexibility index (Phi) is 14.2. The molecule has 0 aliphatic rings. The van der Waals surface area contributed by atoms with Gasteiger partial charge in [-0.3, -0.25) is 4.98 Å². The van der Waals surface area contributed by atoms with E-state index in [1.807, 2.05) is 25.1 Å². The molecule has 0 aliphatic heterocycles. The van der Waals surface area contributed by atoms with E-state index < -0.39 is 8.07 Å². The Hall–Kier alpha value is -5.46. The summed E-state index contributed by atoms with van der Waals surface area (Å²) >= 11 is 0. The summed E-state index contributed by atoms with van der Waals surface area (Å²) in [5.74, 6) is 2.06. The molecule has 7 heteroatoms. The molecule has 341 valence electrons. The zero-order chi connectivity index (χ0) is 46.4. The van der Waals surface area contributed by atoms with Crippen molar-refractivity contribution in [3.8, 4) is 39.5 Å². The van der Waals surface area contributed by atoms with Crippen molar-refractivity contribution in [2.45, 2.75) is 113 Å². The minimum absolute atomic E-state index is 0. The fourth-order valence-corrected chi connectivity index (χ4v) is 10.5. The zero-order valence-corrected chi connectivity index (χ0v) is 44.4. The van der Waals surface area contributed by atoms with Gasteiger partial charge in [0.05, 0.1) is 30.5 Å². The van der Waals surface area contributed by atoms with Crippen molar-refractivity contribution < 1.29 is 24.5 Å². The number of aromatic nitrogens is 4. The van der Waals surface area contributed by atoms with Crippen LogP contribution in [0.5, 0.6) is 0 Å². The predicted octanol–water partition coefficient (Wildman–Crippen LogP) is 15.6. The molecule has 0 spiro atoms. The smallest absolute Gasteiger partial charge is 0.216 e. The van der Waals surface area contributed by atoms with Gasteiger partial charge in [-0.25, -0.2) is 4.98 Å². The number of nitrogens with zero attached hydrogens (tertiary/aromatic N) is 4. The molecule has 9 rings (SSSR count). The first-order chi connectivity index (χ1) is 30.9. The van der Waals surface area contributed by atoms with E-state index in [4.69, 9.17) is 14.4 Å². The fourth-order valence-electron chi connectivity index (χ4n) is 8.90. The van der Waals surface area contributed by atoms with Crippen LogP contribution in [0.15, 0.2) is 126 Å². The van der Waals surface area contributed by atoms with Crippen molar-refractivity contribution in [1.82, 2.24) is 19.5 Å². The minimum atomic E-state index is -1.38. The fraction of sp³-hybridized carbons (Fsp3) is 0.305. The topological polar surface area (TPSA) is 56.7 Å². The van der Waals surface area contributed by atoms with E-state index in [9.17, 15) is 0 Å². The molecule has 0 saturated carbocycles. The first-order valence-corrected chi connectivity index (χ1v) is 26.8. The van der Waals surface area contributed by atoms with Gasteiger partial charge in [-0.1, -0.05) is 147 Å². The molecule has 0 saturated heterocycles. The van der Waals surface area contributed by atoms with Crippen LogP contribution >= 0.6 is 0 Å². The van der Waals surface area contributed by atoms with Crippen LogP contribution in [0.1, 0.15) is 102 Å². The summed E-state index contributed by atoms with van der Waals surface area (Å²) in [5, 5.41) is 3.51. The average Bonchev–Trinajstić information content (AvgIpc) is 3.83. The molecule has 0 atom stereocenters. The first-order valence-electron chi connectivity index (χ1n) is 23.3. The van der Waals surface area contributed by atoms with Crippen molar-refractivity contribution in [2.75, 3.05) is 0 Å². The van der Waals surface area contributed by atoms with Crippen LogP contribution in [-0.4, -0.2) is 27.6 Å². The summed E-state index contributed by atoms with van der Waals surface area (Å²) in [6, 6.07) is 47.7. The molecule has 0 aliphatic carbocycles.